The van der Waals surface area contributed by atoms with E-state index in [1.807, 2.05) is 6.92 Å². The molecule has 0 aliphatic rings. The highest BCUT2D eigenvalue weighted by Crippen LogP contribution is 2.29. The number of nitrogens with zero attached hydrogens (tertiary/aromatic N) is 1. The predicted molar refractivity (Wildman–Crippen MR) is 59.6 cm³/mol. The summed E-state index contributed by atoms with van der Waals surface area (Å²) in [4.78, 5) is 10.5. The van der Waals surface area contributed by atoms with Crippen molar-refractivity contribution in [1.29, 1.82) is 0 Å². The third-order valence-electron chi connectivity index (χ3n) is 2.50. The number of hydrogen-bond donors (Lipinski definition) is 0. The van der Waals surface area contributed by atoms with Crippen LogP contribution in [-0.2, 0) is 12.6 Å². The number of alkyl halides is 3. The molecule has 94 valence electrons. The SMILES string of the molecule is CCCC(Cc1cccc(C(F)(F)F)c1)N=O. The molecule has 0 bridgehead atoms. The van der Waals surface area contributed by atoms with Gasteiger partial charge in [-0.2, -0.15) is 18.1 Å². The van der Waals surface area contributed by atoms with Crippen LogP contribution in [0.2, 0.25) is 0 Å². The number of benzene rings is 1. The molecule has 0 heterocycles. The number of nitroso groups, excluding NO2 is 1. The Morgan fingerprint density at radius 1 is 1.35 bits per heavy atom. The summed E-state index contributed by atoms with van der Waals surface area (Å²) in [5, 5.41) is 2.93. The van der Waals surface area contributed by atoms with E-state index >= 15 is 0 Å². The molecule has 0 aliphatic heterocycles. The fourth-order valence-corrected chi connectivity index (χ4v) is 1.67. The molecule has 1 unspecified atom stereocenters. The van der Waals surface area contributed by atoms with Gasteiger partial charge in [0.05, 0.1) is 11.6 Å². The van der Waals surface area contributed by atoms with E-state index in [0.29, 0.717) is 12.0 Å². The molecule has 0 fully saturated rings. The van der Waals surface area contributed by atoms with Crippen molar-refractivity contribution in [1.82, 2.24) is 0 Å². The van der Waals surface area contributed by atoms with E-state index in [1.54, 1.807) is 6.07 Å². The Bertz CT molecular complexity index is 376. The van der Waals surface area contributed by atoms with E-state index < -0.39 is 17.8 Å². The van der Waals surface area contributed by atoms with Gasteiger partial charge in [0, 0.05) is 0 Å². The topological polar surface area (TPSA) is 29.4 Å². The average Bonchev–Trinajstić information content (AvgIpc) is 2.28. The molecule has 0 N–H and O–H groups in total. The van der Waals surface area contributed by atoms with Gasteiger partial charge in [-0.05, 0) is 24.5 Å². The lowest BCUT2D eigenvalue weighted by Gasteiger charge is -2.11. The third-order valence-corrected chi connectivity index (χ3v) is 2.50. The molecule has 1 aromatic carbocycles. The van der Waals surface area contributed by atoms with Crippen LogP contribution in [0.15, 0.2) is 29.4 Å². The normalized spacial score (nSPS) is 13.4. The van der Waals surface area contributed by atoms with Crippen LogP contribution in [-0.4, -0.2) is 6.04 Å². The summed E-state index contributed by atoms with van der Waals surface area (Å²) >= 11 is 0. The van der Waals surface area contributed by atoms with Crippen LogP contribution >= 0.6 is 0 Å². The monoisotopic (exact) mass is 245 g/mol. The Hall–Kier alpha value is -1.39. The molecule has 0 saturated carbocycles. The molecule has 0 aromatic heterocycles. The fourth-order valence-electron chi connectivity index (χ4n) is 1.67. The minimum absolute atomic E-state index is 0.265. The van der Waals surface area contributed by atoms with Gasteiger partial charge in [-0.15, -0.1) is 0 Å². The number of hydrogen-bond acceptors (Lipinski definition) is 2. The zero-order chi connectivity index (χ0) is 12.9. The summed E-state index contributed by atoms with van der Waals surface area (Å²) in [6.07, 6.45) is -2.69. The molecule has 1 rings (SSSR count). The smallest absolute Gasteiger partial charge is 0.166 e. The zero-order valence-electron chi connectivity index (χ0n) is 9.50. The van der Waals surface area contributed by atoms with Crippen LogP contribution in [0.25, 0.3) is 0 Å². The van der Waals surface area contributed by atoms with Gasteiger partial charge in [-0.1, -0.05) is 36.7 Å². The van der Waals surface area contributed by atoms with Crippen molar-refractivity contribution in [2.45, 2.75) is 38.4 Å². The maximum Gasteiger partial charge on any atom is 0.416 e. The van der Waals surface area contributed by atoms with Gasteiger partial charge in [-0.3, -0.25) is 0 Å². The van der Waals surface area contributed by atoms with E-state index in [2.05, 4.69) is 5.18 Å². The van der Waals surface area contributed by atoms with E-state index in [0.717, 1.165) is 18.6 Å². The quantitative estimate of drug-likeness (QED) is 0.715. The second kappa shape index (κ2) is 5.80. The summed E-state index contributed by atoms with van der Waals surface area (Å²) in [5.74, 6) is 0. The average molecular weight is 245 g/mol. The predicted octanol–water partition coefficient (Wildman–Crippen LogP) is 4.18. The van der Waals surface area contributed by atoms with E-state index in [1.165, 1.54) is 6.07 Å². The Balaban J connectivity index is 2.81. The van der Waals surface area contributed by atoms with Gasteiger partial charge >= 0.3 is 6.18 Å². The number of halogens is 3. The van der Waals surface area contributed by atoms with Gasteiger partial charge in [0.2, 0.25) is 0 Å². The zero-order valence-corrected chi connectivity index (χ0v) is 9.50. The summed E-state index contributed by atoms with van der Waals surface area (Å²) in [6.45, 7) is 1.91. The third kappa shape index (κ3) is 4.17. The van der Waals surface area contributed by atoms with E-state index in [4.69, 9.17) is 0 Å². The Labute approximate surface area is 97.8 Å². The summed E-state index contributed by atoms with van der Waals surface area (Å²) < 4.78 is 37.4. The molecule has 0 radical (unpaired) electrons. The maximum absolute atomic E-state index is 12.5. The second-order valence-corrected chi connectivity index (χ2v) is 3.95. The highest BCUT2D eigenvalue weighted by atomic mass is 19.4. The maximum atomic E-state index is 12.5. The molecule has 0 aliphatic carbocycles. The highest BCUT2D eigenvalue weighted by Gasteiger charge is 2.30. The molecule has 0 amide bonds. The van der Waals surface area contributed by atoms with Gasteiger partial charge in [0.15, 0.2) is 0 Å². The van der Waals surface area contributed by atoms with Crippen LogP contribution in [0.5, 0.6) is 0 Å². The molecule has 5 heteroatoms. The Morgan fingerprint density at radius 2 is 2.06 bits per heavy atom. The molecule has 1 atom stereocenters. The molecule has 0 spiro atoms. The summed E-state index contributed by atoms with van der Waals surface area (Å²) in [5.41, 5.74) is -0.186. The van der Waals surface area contributed by atoms with Crippen LogP contribution in [0.4, 0.5) is 13.2 Å². The molecule has 0 saturated heterocycles. The first-order chi connectivity index (χ1) is 7.97. The van der Waals surface area contributed by atoms with Crippen molar-refractivity contribution in [3.63, 3.8) is 0 Å². The highest BCUT2D eigenvalue weighted by molar-refractivity contribution is 5.26. The Morgan fingerprint density at radius 3 is 2.59 bits per heavy atom. The standard InChI is InChI=1S/C12H14F3NO/c1-2-4-11(16-17)8-9-5-3-6-10(7-9)12(13,14)15/h3,5-7,11H,2,4,8H2,1H3. The van der Waals surface area contributed by atoms with Crippen molar-refractivity contribution in [2.75, 3.05) is 0 Å². The minimum atomic E-state index is -4.34. The van der Waals surface area contributed by atoms with Gasteiger partial charge in [0.1, 0.15) is 0 Å². The lowest BCUT2D eigenvalue weighted by atomic mass is 10.0. The molecule has 1 aromatic rings. The van der Waals surface area contributed by atoms with E-state index in [-0.39, 0.29) is 6.42 Å². The first-order valence-corrected chi connectivity index (χ1v) is 5.46. The summed E-state index contributed by atoms with van der Waals surface area (Å²) in [7, 11) is 0. The first-order valence-electron chi connectivity index (χ1n) is 5.46. The molecular formula is C12H14F3NO. The van der Waals surface area contributed by atoms with Crippen LogP contribution in [0.3, 0.4) is 0 Å². The second-order valence-electron chi connectivity index (χ2n) is 3.95. The van der Waals surface area contributed by atoms with Gasteiger partial charge in [-0.25, -0.2) is 0 Å². The lowest BCUT2D eigenvalue weighted by Crippen LogP contribution is -2.09. The summed E-state index contributed by atoms with van der Waals surface area (Å²) in [6, 6.07) is 4.60. The van der Waals surface area contributed by atoms with Crippen molar-refractivity contribution >= 4 is 0 Å². The number of rotatable bonds is 5. The first kappa shape index (κ1) is 13.7. The van der Waals surface area contributed by atoms with Crippen LogP contribution in [0.1, 0.15) is 30.9 Å². The van der Waals surface area contributed by atoms with Crippen molar-refractivity contribution in [3.8, 4) is 0 Å². The molecular weight excluding hydrogens is 231 g/mol. The van der Waals surface area contributed by atoms with Crippen molar-refractivity contribution in [2.24, 2.45) is 5.18 Å². The van der Waals surface area contributed by atoms with Crippen LogP contribution < -0.4 is 0 Å². The largest absolute Gasteiger partial charge is 0.416 e. The molecule has 2 nitrogen and oxygen atoms in total. The van der Waals surface area contributed by atoms with Crippen molar-refractivity contribution in [3.05, 3.63) is 40.3 Å². The minimum Gasteiger partial charge on any atom is -0.166 e. The van der Waals surface area contributed by atoms with Gasteiger partial charge < -0.3 is 0 Å². The van der Waals surface area contributed by atoms with Crippen molar-refractivity contribution < 1.29 is 13.2 Å². The lowest BCUT2D eigenvalue weighted by molar-refractivity contribution is -0.137. The van der Waals surface area contributed by atoms with Crippen LogP contribution in [0, 0.1) is 4.91 Å². The van der Waals surface area contributed by atoms with Gasteiger partial charge in [0.25, 0.3) is 0 Å². The fraction of sp³-hybridized carbons (Fsp3) is 0.500. The van der Waals surface area contributed by atoms with E-state index in [9.17, 15) is 18.1 Å². The Kier molecular flexibility index (Phi) is 4.66. The molecule has 17 heavy (non-hydrogen) atoms.